The van der Waals surface area contributed by atoms with Gasteiger partial charge in [0.2, 0.25) is 5.91 Å². The van der Waals surface area contributed by atoms with Crippen LogP contribution in [0.25, 0.3) is 0 Å². The fourth-order valence-electron chi connectivity index (χ4n) is 1.75. The van der Waals surface area contributed by atoms with E-state index >= 15 is 0 Å². The molecule has 0 saturated carbocycles. The number of thioether (sulfide) groups is 1. The van der Waals surface area contributed by atoms with Crippen molar-refractivity contribution in [3.63, 3.8) is 0 Å². The number of carbonyl (C=O) groups is 3. The van der Waals surface area contributed by atoms with Gasteiger partial charge in [-0.2, -0.15) is 0 Å². The lowest BCUT2D eigenvalue weighted by molar-refractivity contribution is -0.116. The Kier molecular flexibility index (Phi) is 4.57. The van der Waals surface area contributed by atoms with E-state index in [-0.39, 0.29) is 28.9 Å². The maximum absolute atomic E-state index is 11.8. The molecule has 2 amide bonds. The molecule has 20 heavy (non-hydrogen) atoms. The van der Waals surface area contributed by atoms with Gasteiger partial charge in [0.05, 0.1) is 5.69 Å². The van der Waals surface area contributed by atoms with Gasteiger partial charge in [0.1, 0.15) is 0 Å². The van der Waals surface area contributed by atoms with Crippen LogP contribution in [0.1, 0.15) is 16.9 Å². The van der Waals surface area contributed by atoms with Crippen LogP contribution in [-0.2, 0) is 4.79 Å². The van der Waals surface area contributed by atoms with E-state index in [2.05, 4.69) is 10.3 Å². The summed E-state index contributed by atoms with van der Waals surface area (Å²) >= 11 is 1.23. The Morgan fingerprint density at radius 3 is 2.95 bits per heavy atom. The maximum Gasteiger partial charge on any atom is 0.356 e. The highest BCUT2D eigenvalue weighted by Gasteiger charge is 2.21. The number of hydrogen-bond donors (Lipinski definition) is 2. The smallest absolute Gasteiger partial charge is 0.356 e. The van der Waals surface area contributed by atoms with Crippen molar-refractivity contribution in [3.05, 3.63) is 24.0 Å². The van der Waals surface area contributed by atoms with Crippen LogP contribution in [0.3, 0.4) is 0 Å². The van der Waals surface area contributed by atoms with E-state index in [0.717, 1.165) is 5.75 Å². The van der Waals surface area contributed by atoms with Crippen LogP contribution < -0.4 is 5.32 Å². The highest BCUT2D eigenvalue weighted by molar-refractivity contribution is 8.13. The second-order valence-corrected chi connectivity index (χ2v) is 5.15. The molecule has 1 saturated heterocycles. The molecule has 1 aliphatic rings. The van der Waals surface area contributed by atoms with E-state index in [1.165, 1.54) is 24.0 Å². The molecule has 8 heteroatoms. The molecule has 1 aliphatic heterocycles. The molecule has 1 fully saturated rings. The van der Waals surface area contributed by atoms with E-state index < -0.39 is 5.97 Å². The van der Waals surface area contributed by atoms with Gasteiger partial charge in [-0.3, -0.25) is 9.59 Å². The third-order valence-corrected chi connectivity index (χ3v) is 3.63. The molecule has 0 spiro atoms. The Labute approximate surface area is 119 Å². The summed E-state index contributed by atoms with van der Waals surface area (Å²) < 4.78 is 0. The Morgan fingerprint density at radius 1 is 1.50 bits per heavy atom. The summed E-state index contributed by atoms with van der Waals surface area (Å²) in [7, 11) is 0. The zero-order valence-electron chi connectivity index (χ0n) is 10.5. The van der Waals surface area contributed by atoms with Crippen molar-refractivity contribution in [3.8, 4) is 0 Å². The first kappa shape index (κ1) is 14.3. The molecule has 106 valence electrons. The molecule has 0 atom stereocenters. The zero-order chi connectivity index (χ0) is 14.5. The van der Waals surface area contributed by atoms with E-state index in [1.54, 1.807) is 11.0 Å². The normalized spacial score (nSPS) is 14.4. The summed E-state index contributed by atoms with van der Waals surface area (Å²) in [5, 5.41) is 11.4. The molecule has 2 N–H and O–H groups in total. The average molecular weight is 295 g/mol. The minimum atomic E-state index is -1.20. The summed E-state index contributed by atoms with van der Waals surface area (Å²) in [6.07, 6.45) is 1.47. The van der Waals surface area contributed by atoms with Gasteiger partial charge in [-0.25, -0.2) is 9.78 Å². The van der Waals surface area contributed by atoms with Gasteiger partial charge in [0, 0.05) is 31.5 Å². The monoisotopic (exact) mass is 295 g/mol. The Morgan fingerprint density at radius 2 is 2.30 bits per heavy atom. The number of pyridine rings is 1. The van der Waals surface area contributed by atoms with Crippen molar-refractivity contribution in [1.29, 1.82) is 0 Å². The average Bonchev–Trinajstić information content (AvgIpc) is 2.82. The third-order valence-electron chi connectivity index (χ3n) is 2.74. The number of carbonyl (C=O) groups excluding carboxylic acids is 2. The molecule has 0 bridgehead atoms. The standard InChI is InChI=1S/C12H13N3O4S/c16-9(3-5-15-6-7-20-12(15)19)14-8-2-1-4-13-10(8)11(17)18/h1-2,4H,3,5-7H2,(H,14,16)(H,17,18). The fraction of sp³-hybridized carbons (Fsp3) is 0.333. The number of amides is 2. The highest BCUT2D eigenvalue weighted by atomic mass is 32.2. The van der Waals surface area contributed by atoms with Gasteiger partial charge in [0.15, 0.2) is 5.69 Å². The van der Waals surface area contributed by atoms with Crippen LogP contribution in [0.2, 0.25) is 0 Å². The van der Waals surface area contributed by atoms with Crippen LogP contribution >= 0.6 is 11.8 Å². The van der Waals surface area contributed by atoms with Gasteiger partial charge in [-0.05, 0) is 12.1 Å². The Bertz CT molecular complexity index is 549. The highest BCUT2D eigenvalue weighted by Crippen LogP contribution is 2.17. The quantitative estimate of drug-likeness (QED) is 0.848. The van der Waals surface area contributed by atoms with Crippen LogP contribution in [0.5, 0.6) is 0 Å². The van der Waals surface area contributed by atoms with Crippen molar-refractivity contribution in [2.75, 3.05) is 24.2 Å². The SMILES string of the molecule is O=C(CCN1CCSC1=O)Nc1cccnc1C(=O)O. The van der Waals surface area contributed by atoms with Crippen molar-refractivity contribution in [1.82, 2.24) is 9.88 Å². The van der Waals surface area contributed by atoms with Crippen molar-refractivity contribution in [2.45, 2.75) is 6.42 Å². The number of aromatic nitrogens is 1. The van der Waals surface area contributed by atoms with E-state index in [9.17, 15) is 14.4 Å². The van der Waals surface area contributed by atoms with Crippen LogP contribution in [0.15, 0.2) is 18.3 Å². The van der Waals surface area contributed by atoms with Crippen molar-refractivity contribution in [2.24, 2.45) is 0 Å². The minimum Gasteiger partial charge on any atom is -0.476 e. The van der Waals surface area contributed by atoms with Crippen LogP contribution in [0.4, 0.5) is 10.5 Å². The Balaban J connectivity index is 1.91. The largest absolute Gasteiger partial charge is 0.476 e. The van der Waals surface area contributed by atoms with E-state index in [4.69, 9.17) is 5.11 Å². The minimum absolute atomic E-state index is 0.0228. The molecule has 0 radical (unpaired) electrons. The van der Waals surface area contributed by atoms with Crippen LogP contribution in [-0.4, -0.2) is 50.9 Å². The van der Waals surface area contributed by atoms with E-state index in [1.807, 2.05) is 0 Å². The summed E-state index contributed by atoms with van der Waals surface area (Å²) in [6.45, 7) is 0.977. The predicted octanol–water partition coefficient (Wildman–Crippen LogP) is 1.28. The van der Waals surface area contributed by atoms with Gasteiger partial charge in [-0.15, -0.1) is 0 Å². The first-order valence-electron chi connectivity index (χ1n) is 5.98. The first-order valence-corrected chi connectivity index (χ1v) is 6.96. The van der Waals surface area contributed by atoms with Gasteiger partial charge in [-0.1, -0.05) is 11.8 Å². The van der Waals surface area contributed by atoms with Crippen molar-refractivity contribution >= 4 is 34.6 Å². The number of anilines is 1. The molecule has 0 unspecified atom stereocenters. The molecule has 0 aliphatic carbocycles. The predicted molar refractivity (Wildman–Crippen MR) is 73.9 cm³/mol. The lowest BCUT2D eigenvalue weighted by Crippen LogP contribution is -2.28. The second-order valence-electron chi connectivity index (χ2n) is 4.10. The second kappa shape index (κ2) is 6.38. The summed E-state index contributed by atoms with van der Waals surface area (Å²) in [5.41, 5.74) is -0.0409. The molecule has 7 nitrogen and oxygen atoms in total. The zero-order valence-corrected chi connectivity index (χ0v) is 11.4. The number of rotatable bonds is 5. The first-order chi connectivity index (χ1) is 9.58. The van der Waals surface area contributed by atoms with Gasteiger partial charge >= 0.3 is 5.97 Å². The molecule has 1 aromatic rings. The molecule has 2 heterocycles. The summed E-state index contributed by atoms with van der Waals surface area (Å²) in [4.78, 5) is 39.4. The molecule has 1 aromatic heterocycles. The van der Waals surface area contributed by atoms with Gasteiger partial charge in [0.25, 0.3) is 5.24 Å². The topological polar surface area (TPSA) is 99.6 Å². The Hall–Kier alpha value is -2.09. The summed E-state index contributed by atoms with van der Waals surface area (Å²) in [5.74, 6) is -0.802. The number of nitrogens with one attached hydrogen (secondary N) is 1. The lowest BCUT2D eigenvalue weighted by atomic mass is 10.2. The number of nitrogens with zero attached hydrogens (tertiary/aromatic N) is 2. The van der Waals surface area contributed by atoms with Crippen LogP contribution in [0, 0.1) is 0 Å². The van der Waals surface area contributed by atoms with Gasteiger partial charge < -0.3 is 15.3 Å². The van der Waals surface area contributed by atoms with Crippen molar-refractivity contribution < 1.29 is 19.5 Å². The number of carboxylic acids is 1. The third kappa shape index (κ3) is 3.47. The maximum atomic E-state index is 11.8. The summed E-state index contributed by atoms with van der Waals surface area (Å²) in [6, 6.07) is 3.02. The molecule has 2 rings (SSSR count). The number of hydrogen-bond acceptors (Lipinski definition) is 5. The fourth-order valence-corrected chi connectivity index (χ4v) is 2.61. The molecular weight excluding hydrogens is 282 g/mol. The van der Waals surface area contributed by atoms with E-state index in [0.29, 0.717) is 13.1 Å². The number of carboxylic acid groups (broad SMARTS) is 1. The molecule has 0 aromatic carbocycles. The number of aromatic carboxylic acids is 1. The molecular formula is C12H13N3O4S. The lowest BCUT2D eigenvalue weighted by Gasteiger charge is -2.14.